The number of nitrogens with one attached hydrogen (secondary N) is 2. The summed E-state index contributed by atoms with van der Waals surface area (Å²) in [5, 5.41) is 11.4. The zero-order valence-corrected chi connectivity index (χ0v) is 15.9. The van der Waals surface area contributed by atoms with E-state index in [1.807, 2.05) is 4.83 Å². The second-order valence-corrected chi connectivity index (χ2v) is 7.61. The Balaban J connectivity index is 2.11. The number of sulfonamides is 1. The Labute approximate surface area is 160 Å². The number of benzene rings is 2. The lowest BCUT2D eigenvalue weighted by Crippen LogP contribution is -2.42. The minimum atomic E-state index is -4.19. The van der Waals surface area contributed by atoms with E-state index in [9.17, 15) is 23.3 Å². The molecule has 9 nitrogen and oxygen atoms in total. The number of hydrogen-bond donors (Lipinski definition) is 2. The topological polar surface area (TPSA) is 128 Å². The molecule has 0 heterocycles. The summed E-state index contributed by atoms with van der Waals surface area (Å²) in [7, 11) is -2.76. The molecule has 0 atom stereocenters. The SMILES string of the molecule is COc1ccc(Cl)cc1CC(=O)NNS(=O)(=O)c1ccc(C)c([N+](=O)[O-])c1. The van der Waals surface area contributed by atoms with E-state index in [1.165, 1.54) is 32.2 Å². The Hall–Kier alpha value is -2.69. The molecule has 2 N–H and O–H groups in total. The van der Waals surface area contributed by atoms with Crippen LogP contribution in [0, 0.1) is 17.0 Å². The molecule has 11 heteroatoms. The minimum Gasteiger partial charge on any atom is -0.496 e. The molecule has 0 unspecified atom stereocenters. The summed E-state index contributed by atoms with van der Waals surface area (Å²) >= 11 is 5.89. The number of hydrogen-bond acceptors (Lipinski definition) is 6. The number of carbonyl (C=O) groups is 1. The van der Waals surface area contributed by atoms with Gasteiger partial charge in [-0.3, -0.25) is 20.3 Å². The molecule has 27 heavy (non-hydrogen) atoms. The first-order chi connectivity index (χ1) is 12.6. The van der Waals surface area contributed by atoms with Crippen molar-refractivity contribution in [1.29, 1.82) is 0 Å². The van der Waals surface area contributed by atoms with Gasteiger partial charge >= 0.3 is 0 Å². The zero-order valence-electron chi connectivity index (χ0n) is 14.4. The predicted molar refractivity (Wildman–Crippen MR) is 98.0 cm³/mol. The van der Waals surface area contributed by atoms with Crippen LogP contribution >= 0.6 is 11.6 Å². The number of amides is 1. The number of carbonyl (C=O) groups excluding carboxylic acids is 1. The molecule has 0 aliphatic carbocycles. The monoisotopic (exact) mass is 413 g/mol. The van der Waals surface area contributed by atoms with Crippen LogP contribution in [0.25, 0.3) is 0 Å². The van der Waals surface area contributed by atoms with Crippen LogP contribution in [0.2, 0.25) is 5.02 Å². The molecule has 0 saturated heterocycles. The fraction of sp³-hybridized carbons (Fsp3) is 0.188. The maximum absolute atomic E-state index is 12.3. The molecule has 0 bridgehead atoms. The third kappa shape index (κ3) is 5.16. The Morgan fingerprint density at radius 2 is 1.96 bits per heavy atom. The normalized spacial score (nSPS) is 11.1. The van der Waals surface area contributed by atoms with Gasteiger partial charge in [-0.2, -0.15) is 0 Å². The smallest absolute Gasteiger partial charge is 0.273 e. The van der Waals surface area contributed by atoms with Gasteiger partial charge in [-0.05, 0) is 31.2 Å². The highest BCUT2D eigenvalue weighted by atomic mass is 35.5. The van der Waals surface area contributed by atoms with Crippen LogP contribution in [0.5, 0.6) is 5.75 Å². The Kier molecular flexibility index (Phi) is 6.37. The van der Waals surface area contributed by atoms with Crippen LogP contribution in [0.15, 0.2) is 41.3 Å². The van der Waals surface area contributed by atoms with Crippen LogP contribution in [0.1, 0.15) is 11.1 Å². The van der Waals surface area contributed by atoms with Crippen molar-refractivity contribution in [1.82, 2.24) is 10.3 Å². The maximum Gasteiger partial charge on any atom is 0.273 e. The van der Waals surface area contributed by atoms with E-state index in [2.05, 4.69) is 5.43 Å². The molecule has 0 fully saturated rings. The third-order valence-corrected chi connectivity index (χ3v) is 5.09. The highest BCUT2D eigenvalue weighted by Gasteiger charge is 2.20. The summed E-state index contributed by atoms with van der Waals surface area (Å²) in [6.45, 7) is 1.49. The zero-order chi connectivity index (χ0) is 20.2. The van der Waals surface area contributed by atoms with E-state index in [1.54, 1.807) is 12.1 Å². The molecule has 0 aliphatic rings. The van der Waals surface area contributed by atoms with Crippen molar-refractivity contribution in [3.05, 3.63) is 62.7 Å². The first-order valence-electron chi connectivity index (χ1n) is 7.52. The summed E-state index contributed by atoms with van der Waals surface area (Å²) in [5.74, 6) is -0.243. The van der Waals surface area contributed by atoms with Crippen LogP contribution in [-0.4, -0.2) is 26.4 Å². The predicted octanol–water partition coefficient (Wildman–Crippen LogP) is 2.12. The van der Waals surface area contributed by atoms with Crippen molar-refractivity contribution in [2.45, 2.75) is 18.2 Å². The van der Waals surface area contributed by atoms with Gasteiger partial charge in [-0.1, -0.05) is 17.7 Å². The van der Waals surface area contributed by atoms with Gasteiger partial charge in [0.1, 0.15) is 5.75 Å². The number of nitrogens with zero attached hydrogens (tertiary/aromatic N) is 1. The Morgan fingerprint density at radius 1 is 1.26 bits per heavy atom. The van der Waals surface area contributed by atoms with E-state index < -0.39 is 20.9 Å². The van der Waals surface area contributed by atoms with Gasteiger partial charge in [0.25, 0.3) is 15.7 Å². The van der Waals surface area contributed by atoms with Crippen LogP contribution < -0.4 is 15.0 Å². The number of methoxy groups -OCH3 is 1. The van der Waals surface area contributed by atoms with Gasteiger partial charge in [0, 0.05) is 22.2 Å². The molecule has 0 aromatic heterocycles. The second kappa shape index (κ2) is 8.33. The molecule has 0 saturated carbocycles. The first-order valence-corrected chi connectivity index (χ1v) is 9.38. The summed E-state index contributed by atoms with van der Waals surface area (Å²) in [4.78, 5) is 23.9. The van der Waals surface area contributed by atoms with Crippen molar-refractivity contribution in [2.75, 3.05) is 7.11 Å². The standard InChI is InChI=1S/C16H16ClN3O6S/c1-10-3-5-13(9-14(10)20(22)23)27(24,25)19-18-16(21)8-11-7-12(17)4-6-15(11)26-2/h3-7,9,19H,8H2,1-2H3,(H,18,21). The number of nitro benzene ring substituents is 1. The molecule has 2 aromatic carbocycles. The number of hydrazine groups is 1. The minimum absolute atomic E-state index is 0.194. The quantitative estimate of drug-likeness (QED) is 0.528. The van der Waals surface area contributed by atoms with Crippen molar-refractivity contribution in [3.63, 3.8) is 0 Å². The lowest BCUT2D eigenvalue weighted by Gasteiger charge is -2.11. The van der Waals surface area contributed by atoms with E-state index in [0.29, 0.717) is 21.9 Å². The molecular weight excluding hydrogens is 398 g/mol. The van der Waals surface area contributed by atoms with E-state index in [4.69, 9.17) is 16.3 Å². The first kappa shape index (κ1) is 20.6. The molecule has 0 radical (unpaired) electrons. The van der Waals surface area contributed by atoms with Crippen molar-refractivity contribution in [2.24, 2.45) is 0 Å². The van der Waals surface area contributed by atoms with Gasteiger partial charge in [0.05, 0.1) is 23.3 Å². The Bertz CT molecular complexity index is 994. The lowest BCUT2D eigenvalue weighted by atomic mass is 10.1. The summed E-state index contributed by atoms with van der Waals surface area (Å²) in [6.07, 6.45) is -0.194. The molecule has 1 amide bonds. The largest absolute Gasteiger partial charge is 0.496 e. The third-order valence-electron chi connectivity index (χ3n) is 3.61. The molecular formula is C16H16ClN3O6S. The van der Waals surface area contributed by atoms with E-state index in [0.717, 1.165) is 6.07 Å². The number of halogens is 1. The van der Waals surface area contributed by atoms with Gasteiger partial charge < -0.3 is 4.74 Å². The summed E-state index contributed by atoms with van der Waals surface area (Å²) in [6, 6.07) is 8.14. The average Bonchev–Trinajstić information content (AvgIpc) is 2.60. The average molecular weight is 414 g/mol. The molecule has 144 valence electrons. The van der Waals surface area contributed by atoms with Crippen LogP contribution in [0.3, 0.4) is 0 Å². The van der Waals surface area contributed by atoms with Crippen molar-refractivity contribution < 1.29 is 22.9 Å². The second-order valence-electron chi connectivity index (χ2n) is 5.49. The van der Waals surface area contributed by atoms with Crippen molar-refractivity contribution in [3.8, 4) is 5.75 Å². The lowest BCUT2D eigenvalue weighted by molar-refractivity contribution is -0.385. The van der Waals surface area contributed by atoms with Crippen molar-refractivity contribution >= 4 is 33.2 Å². The fourth-order valence-corrected chi connectivity index (χ4v) is 3.31. The summed E-state index contributed by atoms with van der Waals surface area (Å²) < 4.78 is 29.6. The van der Waals surface area contributed by atoms with E-state index in [-0.39, 0.29) is 17.0 Å². The van der Waals surface area contributed by atoms with Gasteiger partial charge in [-0.25, -0.2) is 8.42 Å². The van der Waals surface area contributed by atoms with Gasteiger partial charge in [0.2, 0.25) is 5.91 Å². The molecule has 0 aliphatic heterocycles. The van der Waals surface area contributed by atoms with Crippen LogP contribution in [0.4, 0.5) is 5.69 Å². The highest BCUT2D eigenvalue weighted by molar-refractivity contribution is 7.89. The van der Waals surface area contributed by atoms with Gasteiger partial charge in [0.15, 0.2) is 0 Å². The number of rotatable bonds is 7. The number of ether oxygens (including phenoxy) is 1. The van der Waals surface area contributed by atoms with Crippen LogP contribution in [-0.2, 0) is 21.2 Å². The Morgan fingerprint density at radius 3 is 2.59 bits per heavy atom. The summed E-state index contributed by atoms with van der Waals surface area (Å²) in [5.41, 5.74) is 2.50. The van der Waals surface area contributed by atoms with E-state index >= 15 is 0 Å². The number of nitro groups is 1. The van der Waals surface area contributed by atoms with Gasteiger partial charge in [-0.15, -0.1) is 4.83 Å². The molecule has 0 spiro atoms. The maximum atomic E-state index is 12.3. The fourth-order valence-electron chi connectivity index (χ4n) is 2.24. The molecule has 2 rings (SSSR count). The highest BCUT2D eigenvalue weighted by Crippen LogP contribution is 2.23. The molecule has 2 aromatic rings. The number of aryl methyl sites for hydroxylation is 1.